The predicted molar refractivity (Wildman–Crippen MR) is 79.4 cm³/mol. The predicted octanol–water partition coefficient (Wildman–Crippen LogP) is 0.520. The van der Waals surface area contributed by atoms with Gasteiger partial charge in [0.05, 0.1) is 0 Å². The van der Waals surface area contributed by atoms with E-state index < -0.39 is 10.0 Å². The van der Waals surface area contributed by atoms with E-state index in [1.54, 1.807) is 12.1 Å². The lowest BCUT2D eigenvalue weighted by atomic mass is 10.1. The van der Waals surface area contributed by atoms with Gasteiger partial charge in [-0.15, -0.1) is 0 Å². The summed E-state index contributed by atoms with van der Waals surface area (Å²) in [4.78, 5) is 6.73. The van der Waals surface area contributed by atoms with Crippen LogP contribution in [-0.2, 0) is 10.0 Å². The molecule has 0 aliphatic carbocycles. The van der Waals surface area contributed by atoms with Crippen molar-refractivity contribution in [3.8, 4) is 0 Å². The van der Waals surface area contributed by atoms with E-state index in [4.69, 9.17) is 0 Å². The molecule has 1 atom stereocenters. The number of likely N-dealkylation sites (N-methyl/N-ethyl adjacent to an activating group) is 1. The van der Waals surface area contributed by atoms with E-state index >= 15 is 0 Å². The molecule has 0 amide bonds. The van der Waals surface area contributed by atoms with Crippen LogP contribution in [0.3, 0.4) is 0 Å². The van der Waals surface area contributed by atoms with Crippen LogP contribution in [0.25, 0.3) is 0 Å². The van der Waals surface area contributed by atoms with E-state index in [1.807, 2.05) is 7.05 Å². The normalized spacial score (nSPS) is 20.4. The number of rotatable bonds is 4. The molecule has 1 saturated heterocycles. The average Bonchev–Trinajstić information content (AvgIpc) is 2.47. The molecule has 1 aliphatic rings. The van der Waals surface area contributed by atoms with Crippen molar-refractivity contribution in [1.29, 1.82) is 0 Å². The number of aromatic nitrogens is 1. The zero-order valence-electron chi connectivity index (χ0n) is 12.2. The van der Waals surface area contributed by atoms with Gasteiger partial charge < -0.3 is 10.2 Å². The molecule has 0 aromatic carbocycles. The van der Waals surface area contributed by atoms with Gasteiger partial charge in [0.25, 0.3) is 0 Å². The van der Waals surface area contributed by atoms with Crippen molar-refractivity contribution in [2.24, 2.45) is 0 Å². The molecule has 1 N–H and O–H groups in total. The van der Waals surface area contributed by atoms with E-state index in [0.717, 1.165) is 25.3 Å². The summed E-state index contributed by atoms with van der Waals surface area (Å²) in [5, 5.41) is 3.28. The maximum Gasteiger partial charge on any atom is 0.244 e. The Labute approximate surface area is 120 Å². The SMILES string of the molecule is CNC1CCCN(c2ccc(S(=O)(=O)N(C)C)cn2)C1. The molecule has 7 heteroatoms. The third-order valence-corrected chi connectivity index (χ3v) is 5.45. The number of nitrogens with zero attached hydrogens (tertiary/aromatic N) is 3. The van der Waals surface area contributed by atoms with Crippen LogP contribution in [0, 0.1) is 0 Å². The van der Waals surface area contributed by atoms with Gasteiger partial charge in [0.1, 0.15) is 10.7 Å². The molecule has 1 aromatic rings. The Hall–Kier alpha value is -1.18. The summed E-state index contributed by atoms with van der Waals surface area (Å²) < 4.78 is 25.2. The second kappa shape index (κ2) is 6.07. The standard InChI is InChI=1S/C13H22N4O2S/c1-14-11-5-4-8-17(10-11)13-7-6-12(9-15-13)20(18,19)16(2)3/h6-7,9,11,14H,4-5,8,10H2,1-3H3. The molecule has 2 rings (SSSR count). The number of hydrogen-bond donors (Lipinski definition) is 1. The number of hydrogen-bond acceptors (Lipinski definition) is 5. The van der Waals surface area contributed by atoms with Crippen LogP contribution in [0.15, 0.2) is 23.2 Å². The lowest BCUT2D eigenvalue weighted by Gasteiger charge is -2.33. The number of sulfonamides is 1. The minimum Gasteiger partial charge on any atom is -0.355 e. The maximum atomic E-state index is 12.0. The Morgan fingerprint density at radius 3 is 2.70 bits per heavy atom. The van der Waals surface area contributed by atoms with E-state index in [0.29, 0.717) is 6.04 Å². The number of piperidine rings is 1. The van der Waals surface area contributed by atoms with Crippen LogP contribution in [0.2, 0.25) is 0 Å². The summed E-state index contributed by atoms with van der Waals surface area (Å²) in [6.07, 6.45) is 3.72. The van der Waals surface area contributed by atoms with E-state index in [-0.39, 0.29) is 4.90 Å². The summed E-state index contributed by atoms with van der Waals surface area (Å²) in [6, 6.07) is 3.88. The van der Waals surface area contributed by atoms with Gasteiger partial charge >= 0.3 is 0 Å². The van der Waals surface area contributed by atoms with Crippen LogP contribution in [0.5, 0.6) is 0 Å². The van der Waals surface area contributed by atoms with Crippen LogP contribution in [0.1, 0.15) is 12.8 Å². The van der Waals surface area contributed by atoms with Crippen molar-refractivity contribution in [2.75, 3.05) is 39.1 Å². The minimum atomic E-state index is -3.40. The summed E-state index contributed by atoms with van der Waals surface area (Å²) in [5.74, 6) is 0.836. The molecule has 0 saturated carbocycles. The topological polar surface area (TPSA) is 65.5 Å². The second-order valence-electron chi connectivity index (χ2n) is 5.21. The van der Waals surface area contributed by atoms with Gasteiger partial charge in [0.2, 0.25) is 10.0 Å². The molecule has 1 fully saturated rings. The number of anilines is 1. The lowest BCUT2D eigenvalue weighted by molar-refractivity contribution is 0.447. The molecule has 1 unspecified atom stereocenters. The molecular weight excluding hydrogens is 276 g/mol. The van der Waals surface area contributed by atoms with Gasteiger partial charge in [-0.1, -0.05) is 0 Å². The molecule has 112 valence electrons. The van der Waals surface area contributed by atoms with Gasteiger partial charge in [0, 0.05) is 39.4 Å². The largest absolute Gasteiger partial charge is 0.355 e. The van der Waals surface area contributed by atoms with Crippen molar-refractivity contribution >= 4 is 15.8 Å². The first-order valence-electron chi connectivity index (χ1n) is 6.76. The highest BCUT2D eigenvalue weighted by atomic mass is 32.2. The highest BCUT2D eigenvalue weighted by Gasteiger charge is 2.21. The highest BCUT2D eigenvalue weighted by Crippen LogP contribution is 2.20. The van der Waals surface area contributed by atoms with Crippen molar-refractivity contribution in [2.45, 2.75) is 23.8 Å². The van der Waals surface area contributed by atoms with E-state index in [2.05, 4.69) is 15.2 Å². The van der Waals surface area contributed by atoms with E-state index in [9.17, 15) is 8.42 Å². The zero-order valence-corrected chi connectivity index (χ0v) is 13.0. The fraction of sp³-hybridized carbons (Fsp3) is 0.615. The van der Waals surface area contributed by atoms with E-state index in [1.165, 1.54) is 31.0 Å². The molecule has 0 radical (unpaired) electrons. The molecular formula is C13H22N4O2S. The first-order valence-corrected chi connectivity index (χ1v) is 8.20. The van der Waals surface area contributed by atoms with Crippen LogP contribution in [0.4, 0.5) is 5.82 Å². The van der Waals surface area contributed by atoms with Crippen molar-refractivity contribution in [3.05, 3.63) is 18.3 Å². The van der Waals surface area contributed by atoms with Gasteiger partial charge in [-0.05, 0) is 32.0 Å². The molecule has 2 heterocycles. The Bertz CT molecular complexity index is 542. The smallest absolute Gasteiger partial charge is 0.244 e. The van der Waals surface area contributed by atoms with Crippen LogP contribution < -0.4 is 10.2 Å². The van der Waals surface area contributed by atoms with Crippen molar-refractivity contribution in [3.63, 3.8) is 0 Å². The summed E-state index contributed by atoms with van der Waals surface area (Å²) in [5.41, 5.74) is 0. The molecule has 1 aromatic heterocycles. The molecule has 0 bridgehead atoms. The summed E-state index contributed by atoms with van der Waals surface area (Å²) in [6.45, 7) is 1.87. The quantitative estimate of drug-likeness (QED) is 0.878. The van der Waals surface area contributed by atoms with Crippen LogP contribution in [-0.4, -0.2) is 58.0 Å². The fourth-order valence-electron chi connectivity index (χ4n) is 2.34. The lowest BCUT2D eigenvalue weighted by Crippen LogP contribution is -2.44. The monoisotopic (exact) mass is 298 g/mol. The molecule has 0 spiro atoms. The number of pyridine rings is 1. The van der Waals surface area contributed by atoms with Gasteiger partial charge in [-0.2, -0.15) is 0 Å². The zero-order chi connectivity index (χ0) is 14.8. The van der Waals surface area contributed by atoms with Crippen LogP contribution >= 0.6 is 0 Å². The highest BCUT2D eigenvalue weighted by molar-refractivity contribution is 7.89. The fourth-order valence-corrected chi connectivity index (χ4v) is 3.19. The Kier molecular flexibility index (Phi) is 4.62. The minimum absolute atomic E-state index is 0.230. The summed E-state index contributed by atoms with van der Waals surface area (Å²) in [7, 11) is 1.61. The number of nitrogens with one attached hydrogen (secondary N) is 1. The third-order valence-electron chi connectivity index (χ3n) is 3.65. The summed E-state index contributed by atoms with van der Waals surface area (Å²) >= 11 is 0. The van der Waals surface area contributed by atoms with Crippen molar-refractivity contribution in [1.82, 2.24) is 14.6 Å². The average molecular weight is 298 g/mol. The Balaban J connectivity index is 2.16. The first-order chi connectivity index (χ1) is 9.45. The van der Waals surface area contributed by atoms with Gasteiger partial charge in [-0.25, -0.2) is 17.7 Å². The van der Waals surface area contributed by atoms with Gasteiger partial charge in [0.15, 0.2) is 0 Å². The second-order valence-corrected chi connectivity index (χ2v) is 7.37. The molecule has 20 heavy (non-hydrogen) atoms. The Morgan fingerprint density at radius 1 is 1.40 bits per heavy atom. The Morgan fingerprint density at radius 2 is 2.15 bits per heavy atom. The third kappa shape index (κ3) is 3.11. The first kappa shape index (κ1) is 15.2. The molecule has 1 aliphatic heterocycles. The molecule has 6 nitrogen and oxygen atoms in total. The maximum absolute atomic E-state index is 12.0. The van der Waals surface area contributed by atoms with Gasteiger partial charge in [-0.3, -0.25) is 0 Å². The van der Waals surface area contributed by atoms with Crippen molar-refractivity contribution < 1.29 is 8.42 Å².